The molecule has 1 aliphatic rings. The van der Waals surface area contributed by atoms with E-state index in [4.69, 9.17) is 5.73 Å². The summed E-state index contributed by atoms with van der Waals surface area (Å²) in [6, 6.07) is 12.0. The van der Waals surface area contributed by atoms with Crippen molar-refractivity contribution in [3.05, 3.63) is 59.0 Å². The highest BCUT2D eigenvalue weighted by atomic mass is 16.2. The molecule has 5 heteroatoms. The van der Waals surface area contributed by atoms with Gasteiger partial charge in [-0.1, -0.05) is 6.07 Å². The quantitative estimate of drug-likeness (QED) is 0.903. The van der Waals surface area contributed by atoms with Gasteiger partial charge in [-0.15, -0.1) is 0 Å². The minimum Gasteiger partial charge on any atom is -0.320 e. The van der Waals surface area contributed by atoms with Gasteiger partial charge in [-0.3, -0.25) is 14.2 Å². The van der Waals surface area contributed by atoms with Crippen LogP contribution in [0.5, 0.6) is 0 Å². The molecule has 1 atom stereocenters. The first kappa shape index (κ1) is 13.6. The first-order valence-corrected chi connectivity index (χ1v) is 7.02. The molecule has 2 heterocycles. The maximum absolute atomic E-state index is 12.1. The van der Waals surface area contributed by atoms with Gasteiger partial charge in [0.2, 0.25) is 5.91 Å². The Labute approximate surface area is 122 Å². The maximum atomic E-state index is 12.1. The molecule has 108 valence electrons. The Morgan fingerprint density at radius 3 is 2.43 bits per heavy atom. The number of amides is 1. The van der Waals surface area contributed by atoms with Crippen molar-refractivity contribution in [3.63, 3.8) is 0 Å². The number of piperidine rings is 1. The average molecular weight is 283 g/mol. The zero-order chi connectivity index (χ0) is 14.8. The summed E-state index contributed by atoms with van der Waals surface area (Å²) in [5, 5.41) is 0. The van der Waals surface area contributed by atoms with Gasteiger partial charge >= 0.3 is 0 Å². The van der Waals surface area contributed by atoms with Crippen molar-refractivity contribution in [3.8, 4) is 5.69 Å². The molecule has 0 aliphatic carbocycles. The Kier molecular flexibility index (Phi) is 3.58. The highest BCUT2D eigenvalue weighted by Gasteiger charge is 2.26. The zero-order valence-corrected chi connectivity index (χ0v) is 11.6. The van der Waals surface area contributed by atoms with E-state index in [0.29, 0.717) is 6.54 Å². The zero-order valence-electron chi connectivity index (χ0n) is 11.6. The predicted molar refractivity (Wildman–Crippen MR) is 81.6 cm³/mol. The fraction of sp³-hybridized carbons (Fsp3) is 0.250. The Balaban J connectivity index is 1.89. The second kappa shape index (κ2) is 5.54. The number of nitrogens with zero attached hydrogens (tertiary/aromatic N) is 2. The monoisotopic (exact) mass is 283 g/mol. The second-order valence-corrected chi connectivity index (χ2v) is 5.16. The number of carbonyl (C=O) groups excluding carboxylic acids is 1. The summed E-state index contributed by atoms with van der Waals surface area (Å²) >= 11 is 0. The second-order valence-electron chi connectivity index (χ2n) is 5.16. The van der Waals surface area contributed by atoms with Crippen LogP contribution in [0.2, 0.25) is 0 Å². The van der Waals surface area contributed by atoms with Crippen LogP contribution >= 0.6 is 0 Å². The van der Waals surface area contributed by atoms with Gasteiger partial charge in [0, 0.05) is 30.2 Å². The third kappa shape index (κ3) is 2.60. The minimum absolute atomic E-state index is 0.0362. The van der Waals surface area contributed by atoms with Crippen LogP contribution < -0.4 is 16.2 Å². The Morgan fingerprint density at radius 2 is 1.71 bits per heavy atom. The molecule has 0 bridgehead atoms. The normalized spacial score (nSPS) is 18.8. The molecule has 1 saturated heterocycles. The van der Waals surface area contributed by atoms with E-state index in [0.717, 1.165) is 24.2 Å². The van der Waals surface area contributed by atoms with Crippen LogP contribution in [0.15, 0.2) is 53.5 Å². The molecule has 1 aromatic heterocycles. The van der Waals surface area contributed by atoms with E-state index in [1.54, 1.807) is 21.7 Å². The lowest BCUT2D eigenvalue weighted by atomic mass is 10.0. The third-order valence-electron chi connectivity index (χ3n) is 3.74. The Bertz CT molecular complexity index is 706. The highest BCUT2D eigenvalue weighted by Crippen LogP contribution is 2.21. The van der Waals surface area contributed by atoms with E-state index in [-0.39, 0.29) is 11.5 Å². The van der Waals surface area contributed by atoms with Crippen LogP contribution in [0.4, 0.5) is 5.69 Å². The highest BCUT2D eigenvalue weighted by molar-refractivity contribution is 5.97. The first-order chi connectivity index (χ1) is 10.2. The number of carbonyl (C=O) groups is 1. The fourth-order valence-electron chi connectivity index (χ4n) is 2.59. The van der Waals surface area contributed by atoms with Crippen molar-refractivity contribution in [1.82, 2.24) is 4.57 Å². The fourth-order valence-corrected chi connectivity index (χ4v) is 2.59. The van der Waals surface area contributed by atoms with E-state index in [1.807, 2.05) is 30.3 Å². The number of hydrogen-bond acceptors (Lipinski definition) is 3. The largest absolute Gasteiger partial charge is 0.320 e. The van der Waals surface area contributed by atoms with E-state index >= 15 is 0 Å². The average Bonchev–Trinajstić information content (AvgIpc) is 2.51. The number of benzene rings is 1. The number of anilines is 1. The van der Waals surface area contributed by atoms with Gasteiger partial charge < -0.3 is 10.6 Å². The molecule has 1 unspecified atom stereocenters. The van der Waals surface area contributed by atoms with Crippen LogP contribution in [0.3, 0.4) is 0 Å². The van der Waals surface area contributed by atoms with Gasteiger partial charge in [-0.25, -0.2) is 0 Å². The molecule has 3 rings (SSSR count). The van der Waals surface area contributed by atoms with Gasteiger partial charge in [0.25, 0.3) is 5.56 Å². The predicted octanol–water partition coefficient (Wildman–Crippen LogP) is 1.29. The molecular formula is C16H17N3O2. The van der Waals surface area contributed by atoms with Crippen molar-refractivity contribution < 1.29 is 4.79 Å². The summed E-state index contributed by atoms with van der Waals surface area (Å²) in [5.41, 5.74) is 7.33. The van der Waals surface area contributed by atoms with Crippen LogP contribution in [-0.2, 0) is 4.79 Å². The molecule has 0 radical (unpaired) electrons. The standard InChI is InChI=1S/C16H17N3O2/c17-14-4-3-11-19(16(14)21)13-8-6-12(7-9-13)18-10-2-1-5-15(18)20/h1-2,5-10,14H,3-4,11,17H2. The number of rotatable bonds is 2. The lowest BCUT2D eigenvalue weighted by Crippen LogP contribution is -2.48. The number of pyridine rings is 1. The topological polar surface area (TPSA) is 68.3 Å². The van der Waals surface area contributed by atoms with E-state index < -0.39 is 6.04 Å². The number of hydrogen-bond donors (Lipinski definition) is 1. The van der Waals surface area contributed by atoms with Crippen molar-refractivity contribution in [2.75, 3.05) is 11.4 Å². The van der Waals surface area contributed by atoms with Gasteiger partial charge in [0.1, 0.15) is 0 Å². The molecule has 1 aromatic carbocycles. The lowest BCUT2D eigenvalue weighted by Gasteiger charge is -2.30. The Morgan fingerprint density at radius 1 is 1.00 bits per heavy atom. The molecule has 21 heavy (non-hydrogen) atoms. The number of aromatic nitrogens is 1. The van der Waals surface area contributed by atoms with Gasteiger partial charge in [-0.05, 0) is 43.2 Å². The van der Waals surface area contributed by atoms with Gasteiger partial charge in [0.05, 0.1) is 6.04 Å². The number of nitrogens with two attached hydrogens (primary N) is 1. The van der Waals surface area contributed by atoms with Crippen LogP contribution in [0, 0.1) is 0 Å². The summed E-state index contributed by atoms with van der Waals surface area (Å²) in [6.07, 6.45) is 3.37. The van der Waals surface area contributed by atoms with Gasteiger partial charge in [0.15, 0.2) is 0 Å². The third-order valence-corrected chi connectivity index (χ3v) is 3.74. The summed E-state index contributed by atoms with van der Waals surface area (Å²) in [7, 11) is 0. The molecule has 5 nitrogen and oxygen atoms in total. The van der Waals surface area contributed by atoms with Crippen LogP contribution in [0.25, 0.3) is 5.69 Å². The molecule has 1 aliphatic heterocycles. The molecule has 1 amide bonds. The van der Waals surface area contributed by atoms with Crippen LogP contribution in [0.1, 0.15) is 12.8 Å². The smallest absolute Gasteiger partial charge is 0.255 e. The molecule has 0 saturated carbocycles. The van der Waals surface area contributed by atoms with Gasteiger partial charge in [-0.2, -0.15) is 0 Å². The van der Waals surface area contributed by atoms with Crippen molar-refractivity contribution in [2.24, 2.45) is 5.73 Å². The maximum Gasteiger partial charge on any atom is 0.255 e. The summed E-state index contributed by atoms with van der Waals surface area (Å²) in [6.45, 7) is 0.692. The SMILES string of the molecule is NC1CCCN(c2ccc(-n3ccccc3=O)cc2)C1=O. The van der Waals surface area contributed by atoms with E-state index in [2.05, 4.69) is 0 Å². The van der Waals surface area contributed by atoms with Crippen LogP contribution in [-0.4, -0.2) is 23.1 Å². The first-order valence-electron chi connectivity index (χ1n) is 7.02. The summed E-state index contributed by atoms with van der Waals surface area (Å²) in [4.78, 5) is 25.6. The van der Waals surface area contributed by atoms with Crippen molar-refractivity contribution in [2.45, 2.75) is 18.9 Å². The molecular weight excluding hydrogens is 266 g/mol. The molecule has 2 aromatic rings. The minimum atomic E-state index is -0.407. The Hall–Kier alpha value is -2.40. The van der Waals surface area contributed by atoms with Crippen molar-refractivity contribution in [1.29, 1.82) is 0 Å². The van der Waals surface area contributed by atoms with E-state index in [1.165, 1.54) is 6.07 Å². The summed E-state index contributed by atoms with van der Waals surface area (Å²) < 4.78 is 1.56. The van der Waals surface area contributed by atoms with E-state index in [9.17, 15) is 9.59 Å². The molecule has 2 N–H and O–H groups in total. The molecule has 1 fully saturated rings. The van der Waals surface area contributed by atoms with Crippen molar-refractivity contribution >= 4 is 11.6 Å². The summed E-state index contributed by atoms with van der Waals surface area (Å²) in [5.74, 6) is -0.0362. The molecule has 0 spiro atoms. The lowest BCUT2D eigenvalue weighted by molar-refractivity contribution is -0.120.